The van der Waals surface area contributed by atoms with E-state index in [1.165, 1.54) is 6.92 Å². The van der Waals surface area contributed by atoms with Crippen LogP contribution in [0.15, 0.2) is 24.3 Å². The van der Waals surface area contributed by atoms with E-state index in [4.69, 9.17) is 5.73 Å². The molecule has 0 aromatic heterocycles. The van der Waals surface area contributed by atoms with Crippen molar-refractivity contribution in [2.24, 2.45) is 11.7 Å². The second kappa shape index (κ2) is 10.9. The van der Waals surface area contributed by atoms with E-state index in [-0.39, 0.29) is 42.5 Å². The van der Waals surface area contributed by atoms with Crippen molar-refractivity contribution in [1.29, 1.82) is 0 Å². The monoisotopic (exact) mass is 382 g/mol. The average molecular weight is 383 g/mol. The fourth-order valence-electron chi connectivity index (χ4n) is 2.97. The van der Waals surface area contributed by atoms with Gasteiger partial charge in [-0.05, 0) is 38.4 Å². The third kappa shape index (κ3) is 6.74. The Morgan fingerprint density at radius 2 is 2.08 bits per heavy atom. The molecule has 2 rings (SSSR count). The van der Waals surface area contributed by atoms with E-state index in [0.29, 0.717) is 30.9 Å². The quantitative estimate of drug-likeness (QED) is 0.611. The third-order valence-corrected chi connectivity index (χ3v) is 4.24. The van der Waals surface area contributed by atoms with Gasteiger partial charge in [0, 0.05) is 30.9 Å². The molecule has 1 unspecified atom stereocenters. The molecule has 1 fully saturated rings. The van der Waals surface area contributed by atoms with Crippen LogP contribution in [0.25, 0.3) is 0 Å². The van der Waals surface area contributed by atoms with Crippen molar-refractivity contribution >= 4 is 35.7 Å². The Morgan fingerprint density at radius 3 is 2.77 bits per heavy atom. The third-order valence-electron chi connectivity index (χ3n) is 4.24. The largest absolute Gasteiger partial charge is 0.355 e. The summed E-state index contributed by atoms with van der Waals surface area (Å²) in [4.78, 5) is 37.7. The highest BCUT2D eigenvalue weighted by atomic mass is 35.5. The summed E-state index contributed by atoms with van der Waals surface area (Å²) in [6.07, 6.45) is 1.71. The molecule has 1 aromatic carbocycles. The molecule has 0 spiro atoms. The Hall–Kier alpha value is -1.96. The van der Waals surface area contributed by atoms with Gasteiger partial charge in [0.1, 0.15) is 0 Å². The molecule has 1 aliphatic rings. The number of carbonyl (C=O) groups is 3. The van der Waals surface area contributed by atoms with Crippen LogP contribution in [0.1, 0.15) is 30.1 Å². The first kappa shape index (κ1) is 22.1. The van der Waals surface area contributed by atoms with Crippen LogP contribution >= 0.6 is 12.4 Å². The Morgan fingerprint density at radius 1 is 1.31 bits per heavy atom. The van der Waals surface area contributed by atoms with Gasteiger partial charge in [-0.2, -0.15) is 0 Å². The number of nitrogens with one attached hydrogen (secondary N) is 2. The smallest absolute Gasteiger partial charge is 0.238 e. The van der Waals surface area contributed by atoms with Gasteiger partial charge in [0.2, 0.25) is 11.8 Å². The molecule has 4 N–H and O–H groups in total. The van der Waals surface area contributed by atoms with E-state index in [1.807, 2.05) is 4.90 Å². The highest BCUT2D eigenvalue weighted by Crippen LogP contribution is 2.17. The number of piperidine rings is 1. The molecule has 0 bridgehead atoms. The number of rotatable bonds is 7. The van der Waals surface area contributed by atoms with Crippen LogP contribution < -0.4 is 16.4 Å². The van der Waals surface area contributed by atoms with Crippen LogP contribution in [0.4, 0.5) is 5.69 Å². The number of nitrogens with zero attached hydrogens (tertiary/aromatic N) is 1. The molecule has 1 aromatic rings. The zero-order valence-electron chi connectivity index (χ0n) is 15.0. The number of Topliss-reactive ketones (excluding diaryl/α,β-unsaturated/α-hetero) is 1. The van der Waals surface area contributed by atoms with E-state index < -0.39 is 0 Å². The van der Waals surface area contributed by atoms with Crippen molar-refractivity contribution in [3.63, 3.8) is 0 Å². The molecule has 1 atom stereocenters. The van der Waals surface area contributed by atoms with Gasteiger partial charge in [0.25, 0.3) is 0 Å². The van der Waals surface area contributed by atoms with E-state index >= 15 is 0 Å². The fraction of sp³-hybridized carbons (Fsp3) is 0.500. The van der Waals surface area contributed by atoms with Crippen LogP contribution in [-0.4, -0.2) is 55.2 Å². The van der Waals surface area contributed by atoms with Gasteiger partial charge in [-0.1, -0.05) is 12.1 Å². The summed E-state index contributed by atoms with van der Waals surface area (Å²) < 4.78 is 0. The number of anilines is 1. The lowest BCUT2D eigenvalue weighted by atomic mass is 9.97. The van der Waals surface area contributed by atoms with Gasteiger partial charge >= 0.3 is 0 Å². The van der Waals surface area contributed by atoms with Gasteiger partial charge in [0.15, 0.2) is 5.78 Å². The van der Waals surface area contributed by atoms with Crippen molar-refractivity contribution in [3.8, 4) is 0 Å². The number of likely N-dealkylation sites (tertiary alicyclic amines) is 1. The first-order chi connectivity index (χ1) is 12.0. The summed E-state index contributed by atoms with van der Waals surface area (Å²) in [5.74, 6) is -0.291. The maximum atomic E-state index is 12.3. The molecule has 1 heterocycles. The van der Waals surface area contributed by atoms with Crippen molar-refractivity contribution in [3.05, 3.63) is 29.8 Å². The lowest BCUT2D eigenvalue weighted by Gasteiger charge is -2.31. The number of nitrogens with two attached hydrogens (primary N) is 1. The SMILES string of the molecule is CC(=O)c1cccc(NC(=O)CN2CCCC(C(=O)NCCN)C2)c1.Cl. The standard InChI is InChI=1S/C18H26N4O3.ClH/c1-13(23)14-4-2-6-16(10-14)21-17(24)12-22-9-3-5-15(11-22)18(25)20-8-7-19;/h2,4,6,10,15H,3,5,7-9,11-12,19H2,1H3,(H,20,25)(H,21,24);1H. The first-order valence-corrected chi connectivity index (χ1v) is 8.60. The van der Waals surface area contributed by atoms with Gasteiger partial charge in [-0.3, -0.25) is 19.3 Å². The zero-order chi connectivity index (χ0) is 18.2. The average Bonchev–Trinajstić information content (AvgIpc) is 2.60. The molecular weight excluding hydrogens is 356 g/mol. The number of hydrogen-bond acceptors (Lipinski definition) is 5. The number of amides is 2. The minimum absolute atomic E-state index is 0. The topological polar surface area (TPSA) is 105 Å². The first-order valence-electron chi connectivity index (χ1n) is 8.60. The predicted molar refractivity (Wildman–Crippen MR) is 104 cm³/mol. The summed E-state index contributed by atoms with van der Waals surface area (Å²) in [5, 5.41) is 5.62. The van der Waals surface area contributed by atoms with E-state index in [2.05, 4.69) is 10.6 Å². The van der Waals surface area contributed by atoms with Crippen LogP contribution in [0.3, 0.4) is 0 Å². The fourth-order valence-corrected chi connectivity index (χ4v) is 2.97. The highest BCUT2D eigenvalue weighted by molar-refractivity contribution is 5.97. The normalized spacial score (nSPS) is 17.1. The molecule has 0 aliphatic carbocycles. The van der Waals surface area contributed by atoms with Crippen molar-refractivity contribution in [2.45, 2.75) is 19.8 Å². The number of hydrogen-bond donors (Lipinski definition) is 3. The summed E-state index contributed by atoms with van der Waals surface area (Å²) in [7, 11) is 0. The van der Waals surface area contributed by atoms with Crippen molar-refractivity contribution < 1.29 is 14.4 Å². The van der Waals surface area contributed by atoms with Crippen molar-refractivity contribution in [1.82, 2.24) is 10.2 Å². The van der Waals surface area contributed by atoms with E-state index in [9.17, 15) is 14.4 Å². The molecule has 2 amide bonds. The lowest BCUT2D eigenvalue weighted by Crippen LogP contribution is -2.46. The zero-order valence-corrected chi connectivity index (χ0v) is 15.8. The lowest BCUT2D eigenvalue weighted by molar-refractivity contribution is -0.127. The Balaban J connectivity index is 0.00000338. The Kier molecular flexibility index (Phi) is 9.26. The Bertz CT molecular complexity index is 639. The molecule has 26 heavy (non-hydrogen) atoms. The van der Waals surface area contributed by atoms with Crippen LogP contribution in [0.5, 0.6) is 0 Å². The number of halogens is 1. The summed E-state index contributed by atoms with van der Waals surface area (Å²) in [6, 6.07) is 6.88. The van der Waals surface area contributed by atoms with Crippen LogP contribution in [0, 0.1) is 5.92 Å². The number of carbonyl (C=O) groups excluding carboxylic acids is 3. The van der Waals surface area contributed by atoms with Crippen molar-refractivity contribution in [2.75, 3.05) is 38.0 Å². The van der Waals surface area contributed by atoms with E-state index in [1.54, 1.807) is 24.3 Å². The second-order valence-corrected chi connectivity index (χ2v) is 6.34. The molecule has 144 valence electrons. The predicted octanol–water partition coefficient (Wildman–Crippen LogP) is 1.04. The highest BCUT2D eigenvalue weighted by Gasteiger charge is 2.26. The maximum Gasteiger partial charge on any atom is 0.238 e. The summed E-state index contributed by atoms with van der Waals surface area (Å²) in [6.45, 7) is 3.97. The summed E-state index contributed by atoms with van der Waals surface area (Å²) >= 11 is 0. The van der Waals surface area contributed by atoms with Crippen LogP contribution in [-0.2, 0) is 9.59 Å². The van der Waals surface area contributed by atoms with Gasteiger partial charge in [-0.15, -0.1) is 12.4 Å². The molecule has 7 nitrogen and oxygen atoms in total. The molecule has 0 saturated carbocycles. The van der Waals surface area contributed by atoms with E-state index in [0.717, 1.165) is 19.4 Å². The van der Waals surface area contributed by atoms with Gasteiger partial charge < -0.3 is 16.4 Å². The molecule has 8 heteroatoms. The summed E-state index contributed by atoms with van der Waals surface area (Å²) in [5.41, 5.74) is 6.57. The Labute approximate surface area is 160 Å². The minimum atomic E-state index is -0.149. The van der Waals surface area contributed by atoms with Gasteiger partial charge in [-0.25, -0.2) is 0 Å². The molecular formula is C18H27ClN4O3. The molecule has 1 saturated heterocycles. The van der Waals surface area contributed by atoms with Gasteiger partial charge in [0.05, 0.1) is 12.5 Å². The second-order valence-electron chi connectivity index (χ2n) is 6.34. The molecule has 0 radical (unpaired) electrons. The number of ketones is 1. The number of benzene rings is 1. The maximum absolute atomic E-state index is 12.3. The molecule has 1 aliphatic heterocycles. The minimum Gasteiger partial charge on any atom is -0.355 e. The van der Waals surface area contributed by atoms with Crippen LogP contribution in [0.2, 0.25) is 0 Å².